The van der Waals surface area contributed by atoms with Gasteiger partial charge in [0.15, 0.2) is 0 Å². The lowest BCUT2D eigenvalue weighted by atomic mass is 9.81. The molecule has 0 saturated heterocycles. The Morgan fingerprint density at radius 2 is 1.76 bits per heavy atom. The number of rotatable bonds is 4. The average molecular weight is 460 g/mol. The summed E-state index contributed by atoms with van der Waals surface area (Å²) in [6.07, 6.45) is 3.74. The smallest absolute Gasteiger partial charge is 0.274 e. The van der Waals surface area contributed by atoms with Crippen molar-refractivity contribution in [3.8, 4) is 17.4 Å². The molecule has 6 nitrogen and oxygen atoms in total. The number of nitrogens with one attached hydrogen (secondary N) is 1. The van der Waals surface area contributed by atoms with E-state index in [1.807, 2.05) is 18.2 Å². The minimum absolute atomic E-state index is 0.00110. The van der Waals surface area contributed by atoms with Crippen molar-refractivity contribution in [2.45, 2.75) is 25.2 Å². The summed E-state index contributed by atoms with van der Waals surface area (Å²) in [6, 6.07) is 20.2. The lowest BCUT2D eigenvalue weighted by Crippen LogP contribution is -2.13. The van der Waals surface area contributed by atoms with Gasteiger partial charge < -0.3 is 15.5 Å². The van der Waals surface area contributed by atoms with Crippen LogP contribution in [-0.4, -0.2) is 25.7 Å². The van der Waals surface area contributed by atoms with E-state index < -0.39 is 0 Å². The maximum Gasteiger partial charge on any atom is 0.274 e. The molecule has 0 aliphatic heterocycles. The van der Waals surface area contributed by atoms with Crippen LogP contribution in [0.2, 0.25) is 5.02 Å². The van der Waals surface area contributed by atoms with Gasteiger partial charge >= 0.3 is 0 Å². The molecule has 0 bridgehead atoms. The summed E-state index contributed by atoms with van der Waals surface area (Å²) in [5, 5.41) is 25.0. The molecule has 166 valence electrons. The first-order valence-electron chi connectivity index (χ1n) is 10.7. The van der Waals surface area contributed by atoms with Gasteiger partial charge in [0.05, 0.1) is 10.7 Å². The van der Waals surface area contributed by atoms with Gasteiger partial charge in [-0.2, -0.15) is 0 Å². The number of fused-ring (bicyclic) bond motifs is 1. The number of aromatic hydroxyl groups is 2. The number of halogens is 1. The number of pyridine rings is 1. The van der Waals surface area contributed by atoms with E-state index in [9.17, 15) is 15.0 Å². The Hall–Kier alpha value is -3.77. The zero-order valence-corrected chi connectivity index (χ0v) is 18.5. The minimum atomic E-state index is -0.353. The fourth-order valence-electron chi connectivity index (χ4n) is 4.48. The second-order valence-electron chi connectivity index (χ2n) is 8.13. The summed E-state index contributed by atoms with van der Waals surface area (Å²) in [4.78, 5) is 16.4. The van der Waals surface area contributed by atoms with Gasteiger partial charge in [0.1, 0.15) is 5.69 Å². The van der Waals surface area contributed by atoms with Crippen LogP contribution in [0.1, 0.15) is 39.5 Å². The Balaban J connectivity index is 1.43. The molecule has 0 fully saturated rings. The van der Waals surface area contributed by atoms with Gasteiger partial charge in [-0.15, -0.1) is 0 Å². The number of amides is 1. The second kappa shape index (κ2) is 8.64. The number of nitrogens with zero attached hydrogens (tertiary/aromatic N) is 2. The zero-order valence-electron chi connectivity index (χ0n) is 17.7. The first-order chi connectivity index (χ1) is 16.0. The summed E-state index contributed by atoms with van der Waals surface area (Å²) in [7, 11) is 0. The summed E-state index contributed by atoms with van der Waals surface area (Å²) in [5.74, 6) is -0.0792. The summed E-state index contributed by atoms with van der Waals surface area (Å²) < 4.78 is 1.38. The highest BCUT2D eigenvalue weighted by atomic mass is 35.5. The normalized spacial score (nSPS) is 15.1. The third-order valence-electron chi connectivity index (χ3n) is 6.14. The fourth-order valence-corrected chi connectivity index (χ4v) is 4.75. The third kappa shape index (κ3) is 3.94. The van der Waals surface area contributed by atoms with Crippen LogP contribution >= 0.6 is 11.6 Å². The number of carbonyl (C=O) groups excluding carboxylic acids is 1. The SMILES string of the molecule is O=C(Nc1ccc(-n2c(O)c3c(c2O)CC(c2ccccc2)CC3)c(Cl)c1)c1ccccn1. The largest absolute Gasteiger partial charge is 0.494 e. The van der Waals surface area contributed by atoms with Gasteiger partial charge in [0.2, 0.25) is 11.8 Å². The molecule has 0 saturated carbocycles. The van der Waals surface area contributed by atoms with Crippen molar-refractivity contribution in [3.05, 3.63) is 100 Å². The van der Waals surface area contributed by atoms with E-state index in [4.69, 9.17) is 11.6 Å². The van der Waals surface area contributed by atoms with Gasteiger partial charge in [0, 0.05) is 23.0 Å². The maximum atomic E-state index is 12.4. The maximum absolute atomic E-state index is 12.4. The summed E-state index contributed by atoms with van der Waals surface area (Å²) in [6.45, 7) is 0. The quantitative estimate of drug-likeness (QED) is 0.378. The van der Waals surface area contributed by atoms with Gasteiger partial charge in [-0.05, 0) is 61.1 Å². The van der Waals surface area contributed by atoms with Crippen LogP contribution in [0.3, 0.4) is 0 Å². The molecule has 5 rings (SSSR count). The van der Waals surface area contributed by atoms with Crippen molar-refractivity contribution in [1.82, 2.24) is 9.55 Å². The molecule has 1 atom stereocenters. The van der Waals surface area contributed by atoms with Crippen molar-refractivity contribution in [3.63, 3.8) is 0 Å². The molecule has 2 heterocycles. The monoisotopic (exact) mass is 459 g/mol. The van der Waals surface area contributed by atoms with E-state index in [-0.39, 0.29) is 28.6 Å². The molecule has 1 aliphatic rings. The lowest BCUT2D eigenvalue weighted by molar-refractivity contribution is 0.102. The summed E-state index contributed by atoms with van der Waals surface area (Å²) >= 11 is 6.52. The van der Waals surface area contributed by atoms with Crippen molar-refractivity contribution >= 4 is 23.2 Å². The van der Waals surface area contributed by atoms with Crippen molar-refractivity contribution in [2.75, 3.05) is 5.32 Å². The van der Waals surface area contributed by atoms with E-state index in [2.05, 4.69) is 22.4 Å². The first kappa shape index (κ1) is 21.1. The number of hydrogen-bond donors (Lipinski definition) is 3. The van der Waals surface area contributed by atoms with Gasteiger partial charge in [-0.25, -0.2) is 4.57 Å². The molecule has 2 aromatic carbocycles. The first-order valence-corrected chi connectivity index (χ1v) is 11.1. The fraction of sp³-hybridized carbons (Fsp3) is 0.154. The van der Waals surface area contributed by atoms with Crippen LogP contribution in [0.25, 0.3) is 5.69 Å². The van der Waals surface area contributed by atoms with Gasteiger partial charge in [0.25, 0.3) is 5.91 Å². The van der Waals surface area contributed by atoms with Crippen LogP contribution in [0.15, 0.2) is 72.9 Å². The highest BCUT2D eigenvalue weighted by Crippen LogP contribution is 2.45. The van der Waals surface area contributed by atoms with E-state index in [0.717, 1.165) is 17.5 Å². The van der Waals surface area contributed by atoms with Crippen molar-refractivity contribution in [1.29, 1.82) is 0 Å². The Morgan fingerprint density at radius 3 is 2.48 bits per heavy atom. The molecule has 3 N–H and O–H groups in total. The molecular weight excluding hydrogens is 438 g/mol. The van der Waals surface area contributed by atoms with Crippen LogP contribution in [0, 0.1) is 0 Å². The van der Waals surface area contributed by atoms with Crippen LogP contribution in [0.5, 0.6) is 11.8 Å². The molecule has 7 heteroatoms. The number of aromatic nitrogens is 2. The third-order valence-corrected chi connectivity index (χ3v) is 6.44. The lowest BCUT2D eigenvalue weighted by Gasteiger charge is -2.22. The molecule has 4 aromatic rings. The highest BCUT2D eigenvalue weighted by Gasteiger charge is 2.30. The van der Waals surface area contributed by atoms with Gasteiger partial charge in [-0.1, -0.05) is 48.0 Å². The molecule has 0 spiro atoms. The Bertz CT molecular complexity index is 1320. The Morgan fingerprint density at radius 1 is 1.00 bits per heavy atom. The highest BCUT2D eigenvalue weighted by molar-refractivity contribution is 6.32. The van der Waals surface area contributed by atoms with Gasteiger partial charge in [-0.3, -0.25) is 9.78 Å². The number of carbonyl (C=O) groups is 1. The van der Waals surface area contributed by atoms with Crippen LogP contribution < -0.4 is 5.32 Å². The molecule has 1 aliphatic carbocycles. The van der Waals surface area contributed by atoms with Crippen LogP contribution in [-0.2, 0) is 12.8 Å². The number of hydrogen-bond acceptors (Lipinski definition) is 4. The summed E-state index contributed by atoms with van der Waals surface area (Å²) in [5.41, 5.74) is 3.94. The average Bonchev–Trinajstić information content (AvgIpc) is 3.10. The minimum Gasteiger partial charge on any atom is -0.494 e. The van der Waals surface area contributed by atoms with Crippen molar-refractivity contribution in [2.24, 2.45) is 0 Å². The molecule has 1 unspecified atom stereocenters. The standard InChI is InChI=1S/C26H22ClN3O3/c27-21-15-18(29-24(31)22-8-4-5-13-28-22)10-12-23(21)30-25(32)19-11-9-17(14-20(19)26(30)33)16-6-2-1-3-7-16/h1-8,10,12-13,15,17,32-33H,9,11,14H2,(H,29,31). The molecule has 0 radical (unpaired) electrons. The number of benzene rings is 2. The topological polar surface area (TPSA) is 87.4 Å². The molecule has 1 amide bonds. The zero-order chi connectivity index (χ0) is 22.9. The van der Waals surface area contributed by atoms with E-state index in [1.165, 1.54) is 10.1 Å². The molecule has 33 heavy (non-hydrogen) atoms. The predicted molar refractivity (Wildman–Crippen MR) is 128 cm³/mol. The molecule has 2 aromatic heterocycles. The Labute approximate surface area is 196 Å². The van der Waals surface area contributed by atoms with Crippen LogP contribution in [0.4, 0.5) is 5.69 Å². The van der Waals surface area contributed by atoms with E-state index >= 15 is 0 Å². The predicted octanol–water partition coefficient (Wildman–Crippen LogP) is 5.46. The van der Waals surface area contributed by atoms with E-state index in [1.54, 1.807) is 42.6 Å². The van der Waals surface area contributed by atoms with Crippen molar-refractivity contribution < 1.29 is 15.0 Å². The van der Waals surface area contributed by atoms with E-state index in [0.29, 0.717) is 29.9 Å². The second-order valence-corrected chi connectivity index (χ2v) is 8.53. The molecular formula is C26H22ClN3O3. The number of anilines is 1. The Kier molecular flexibility index (Phi) is 5.52.